The molecule has 7 heteroatoms. The van der Waals surface area contributed by atoms with Crippen LogP contribution in [0.5, 0.6) is 0 Å². The minimum Gasteiger partial charge on any atom is -0.394 e. The van der Waals surface area contributed by atoms with Gasteiger partial charge in [0.25, 0.3) is 5.91 Å². The summed E-state index contributed by atoms with van der Waals surface area (Å²) >= 11 is 0. The van der Waals surface area contributed by atoms with E-state index in [1.807, 2.05) is 0 Å². The van der Waals surface area contributed by atoms with E-state index in [1.54, 1.807) is 30.3 Å². The minimum absolute atomic E-state index is 0.340. The zero-order chi connectivity index (χ0) is 17.0. The maximum Gasteiger partial charge on any atom is 0.419 e. The van der Waals surface area contributed by atoms with Gasteiger partial charge in [0.2, 0.25) is 0 Å². The molecule has 0 aromatic heterocycles. The van der Waals surface area contributed by atoms with Crippen molar-refractivity contribution in [3.63, 3.8) is 0 Å². The largest absolute Gasteiger partial charge is 0.419 e. The highest BCUT2D eigenvalue weighted by molar-refractivity contribution is 5.94. The second-order valence-corrected chi connectivity index (χ2v) is 4.81. The van der Waals surface area contributed by atoms with Crippen LogP contribution in [-0.4, -0.2) is 17.6 Å². The van der Waals surface area contributed by atoms with Gasteiger partial charge < -0.3 is 10.4 Å². The lowest BCUT2D eigenvalue weighted by atomic mass is 10.1. The van der Waals surface area contributed by atoms with Gasteiger partial charge in [-0.1, -0.05) is 30.3 Å². The fraction of sp³-hybridized carbons (Fsp3) is 0.188. The number of alkyl halides is 3. The number of aliphatic hydroxyl groups is 1. The number of aliphatic hydroxyl groups excluding tert-OH is 1. The molecule has 2 aromatic carbocycles. The molecule has 0 fully saturated rings. The Morgan fingerprint density at radius 3 is 2.35 bits per heavy atom. The Bertz CT molecular complexity index is 686. The van der Waals surface area contributed by atoms with Crippen LogP contribution >= 0.6 is 0 Å². The molecule has 3 nitrogen and oxygen atoms in total. The second-order valence-electron chi connectivity index (χ2n) is 4.81. The predicted octanol–water partition coefficient (Wildman–Crippen LogP) is 3.31. The number of hydrogen-bond donors (Lipinski definition) is 2. The summed E-state index contributed by atoms with van der Waals surface area (Å²) in [5.41, 5.74) is -1.25. The molecule has 0 aliphatic heterocycles. The van der Waals surface area contributed by atoms with Gasteiger partial charge in [0.15, 0.2) is 0 Å². The van der Waals surface area contributed by atoms with E-state index in [9.17, 15) is 27.5 Å². The molecule has 1 amide bonds. The maximum absolute atomic E-state index is 13.2. The molecule has 0 saturated heterocycles. The molecule has 23 heavy (non-hydrogen) atoms. The molecule has 0 aliphatic rings. The lowest BCUT2D eigenvalue weighted by Crippen LogP contribution is -2.31. The molecule has 122 valence electrons. The molecular weight excluding hydrogens is 314 g/mol. The summed E-state index contributed by atoms with van der Waals surface area (Å²) in [5.74, 6) is -2.28. The monoisotopic (exact) mass is 327 g/mol. The average molecular weight is 327 g/mol. The first-order chi connectivity index (χ1) is 10.8. The van der Waals surface area contributed by atoms with Gasteiger partial charge in [-0.2, -0.15) is 13.2 Å². The van der Waals surface area contributed by atoms with E-state index in [4.69, 9.17) is 0 Å². The van der Waals surface area contributed by atoms with Crippen LogP contribution in [0.1, 0.15) is 27.5 Å². The third-order valence-corrected chi connectivity index (χ3v) is 3.22. The quantitative estimate of drug-likeness (QED) is 0.847. The first-order valence-corrected chi connectivity index (χ1v) is 6.66. The van der Waals surface area contributed by atoms with Crippen molar-refractivity contribution >= 4 is 5.91 Å². The van der Waals surface area contributed by atoms with E-state index in [-0.39, 0.29) is 5.56 Å². The molecule has 0 radical (unpaired) electrons. The van der Waals surface area contributed by atoms with Crippen LogP contribution in [0.4, 0.5) is 17.6 Å². The van der Waals surface area contributed by atoms with E-state index >= 15 is 0 Å². The topological polar surface area (TPSA) is 49.3 Å². The minimum atomic E-state index is -4.89. The van der Waals surface area contributed by atoms with Gasteiger partial charge in [-0.15, -0.1) is 0 Å². The summed E-state index contributed by atoms with van der Waals surface area (Å²) in [4.78, 5) is 12.1. The maximum atomic E-state index is 13.2. The van der Waals surface area contributed by atoms with Crippen LogP contribution in [0.2, 0.25) is 0 Å². The van der Waals surface area contributed by atoms with Crippen molar-refractivity contribution in [1.82, 2.24) is 5.32 Å². The van der Waals surface area contributed by atoms with Crippen molar-refractivity contribution < 1.29 is 27.5 Å². The van der Waals surface area contributed by atoms with Gasteiger partial charge in [0.1, 0.15) is 5.82 Å². The summed E-state index contributed by atoms with van der Waals surface area (Å²) < 4.78 is 51.3. The number of halogens is 4. The van der Waals surface area contributed by atoms with Crippen LogP contribution in [0.15, 0.2) is 48.5 Å². The Balaban J connectivity index is 2.24. The van der Waals surface area contributed by atoms with E-state index in [0.717, 1.165) is 6.07 Å². The Labute approximate surface area is 129 Å². The summed E-state index contributed by atoms with van der Waals surface area (Å²) in [6.45, 7) is -0.428. The first-order valence-electron chi connectivity index (χ1n) is 6.66. The third kappa shape index (κ3) is 4.07. The fourth-order valence-electron chi connectivity index (χ4n) is 2.05. The number of carbonyl (C=O) groups excluding carboxylic acids is 1. The third-order valence-electron chi connectivity index (χ3n) is 3.22. The molecular formula is C16H13F4NO2. The number of hydrogen-bond acceptors (Lipinski definition) is 2. The van der Waals surface area contributed by atoms with E-state index in [2.05, 4.69) is 5.32 Å². The van der Waals surface area contributed by atoms with Gasteiger partial charge in [0.05, 0.1) is 18.2 Å². The molecule has 0 heterocycles. The standard InChI is InChI=1S/C16H13F4NO2/c17-13-7-6-11(8-12(13)16(18,19)20)15(23)21-14(9-22)10-4-2-1-3-5-10/h1-8,14,22H,9H2,(H,21,23)/t14-/m1/s1. The molecule has 0 saturated carbocycles. The lowest BCUT2D eigenvalue weighted by molar-refractivity contribution is -0.140. The van der Waals surface area contributed by atoms with Crippen LogP contribution in [0.25, 0.3) is 0 Å². The molecule has 0 aliphatic carbocycles. The zero-order valence-corrected chi connectivity index (χ0v) is 11.8. The number of rotatable bonds is 4. The number of carbonyl (C=O) groups is 1. The van der Waals surface area contributed by atoms with Gasteiger partial charge >= 0.3 is 6.18 Å². The molecule has 2 rings (SSSR count). The summed E-state index contributed by atoms with van der Waals surface area (Å²) in [6.07, 6.45) is -4.89. The Morgan fingerprint density at radius 2 is 1.78 bits per heavy atom. The molecule has 1 atom stereocenters. The van der Waals surface area contributed by atoms with Crippen molar-refractivity contribution in [3.8, 4) is 0 Å². The average Bonchev–Trinajstić information content (AvgIpc) is 2.52. The van der Waals surface area contributed by atoms with Crippen molar-refractivity contribution in [2.45, 2.75) is 12.2 Å². The first kappa shape index (κ1) is 17.0. The van der Waals surface area contributed by atoms with Crippen molar-refractivity contribution in [3.05, 3.63) is 71.0 Å². The predicted molar refractivity (Wildman–Crippen MR) is 75.1 cm³/mol. The highest BCUT2D eigenvalue weighted by atomic mass is 19.4. The highest BCUT2D eigenvalue weighted by Gasteiger charge is 2.34. The van der Waals surface area contributed by atoms with Crippen LogP contribution < -0.4 is 5.32 Å². The van der Waals surface area contributed by atoms with E-state index in [1.165, 1.54) is 0 Å². The van der Waals surface area contributed by atoms with E-state index in [0.29, 0.717) is 17.7 Å². The van der Waals surface area contributed by atoms with Crippen molar-refractivity contribution in [2.75, 3.05) is 6.61 Å². The van der Waals surface area contributed by atoms with Crippen LogP contribution in [0.3, 0.4) is 0 Å². The summed E-state index contributed by atoms with van der Waals surface area (Å²) in [6, 6.07) is 9.68. The Hall–Kier alpha value is -2.41. The zero-order valence-electron chi connectivity index (χ0n) is 11.8. The Morgan fingerprint density at radius 1 is 1.13 bits per heavy atom. The van der Waals surface area contributed by atoms with Gasteiger partial charge in [0, 0.05) is 5.56 Å². The van der Waals surface area contributed by atoms with Crippen molar-refractivity contribution in [1.29, 1.82) is 0 Å². The fourth-order valence-corrected chi connectivity index (χ4v) is 2.05. The second kappa shape index (κ2) is 6.78. The molecule has 0 bridgehead atoms. The number of benzene rings is 2. The SMILES string of the molecule is O=C(N[C@H](CO)c1ccccc1)c1ccc(F)c(C(F)(F)F)c1. The molecule has 2 N–H and O–H groups in total. The number of amides is 1. The molecule has 0 unspecified atom stereocenters. The normalized spacial score (nSPS) is 12.7. The Kier molecular flexibility index (Phi) is 5.00. The van der Waals surface area contributed by atoms with Crippen molar-refractivity contribution in [2.24, 2.45) is 0 Å². The van der Waals surface area contributed by atoms with Gasteiger partial charge in [-0.25, -0.2) is 4.39 Å². The van der Waals surface area contributed by atoms with Crippen LogP contribution in [0, 0.1) is 5.82 Å². The summed E-state index contributed by atoms with van der Waals surface area (Å²) in [7, 11) is 0. The van der Waals surface area contributed by atoms with Gasteiger partial charge in [-0.3, -0.25) is 4.79 Å². The summed E-state index contributed by atoms with van der Waals surface area (Å²) in [5, 5.41) is 11.8. The molecule has 2 aromatic rings. The highest BCUT2D eigenvalue weighted by Crippen LogP contribution is 2.32. The molecule has 0 spiro atoms. The van der Waals surface area contributed by atoms with Gasteiger partial charge in [-0.05, 0) is 23.8 Å². The lowest BCUT2D eigenvalue weighted by Gasteiger charge is -2.17. The van der Waals surface area contributed by atoms with Crippen LogP contribution in [-0.2, 0) is 6.18 Å². The van der Waals surface area contributed by atoms with E-state index < -0.39 is 36.1 Å². The number of nitrogens with one attached hydrogen (secondary N) is 1. The smallest absolute Gasteiger partial charge is 0.394 e.